The van der Waals surface area contributed by atoms with E-state index in [2.05, 4.69) is 15.5 Å². The molecule has 0 bridgehead atoms. The van der Waals surface area contributed by atoms with Crippen LogP contribution in [0.25, 0.3) is 11.3 Å². The van der Waals surface area contributed by atoms with Crippen LogP contribution >= 0.6 is 0 Å². The molecule has 3 rings (SSSR count). The Morgan fingerprint density at radius 1 is 1.21 bits per heavy atom. The van der Waals surface area contributed by atoms with E-state index in [1.54, 1.807) is 30.5 Å². The highest BCUT2D eigenvalue weighted by atomic mass is 19.1. The van der Waals surface area contributed by atoms with Crippen LogP contribution in [0.1, 0.15) is 10.6 Å². The van der Waals surface area contributed by atoms with Crippen LogP contribution in [0, 0.1) is 5.82 Å². The summed E-state index contributed by atoms with van der Waals surface area (Å²) in [4.78, 5) is 18.3. The van der Waals surface area contributed by atoms with Gasteiger partial charge in [0.1, 0.15) is 17.3 Å². The van der Waals surface area contributed by atoms with Gasteiger partial charge in [0.2, 0.25) is 5.76 Å². The zero-order valence-corrected chi connectivity index (χ0v) is 13.2. The smallest absolute Gasteiger partial charge is 0.294 e. The van der Waals surface area contributed by atoms with E-state index in [4.69, 9.17) is 4.52 Å². The third kappa shape index (κ3) is 3.40. The standard InChI is InChI=1S/C17H15FN4O2/c1-22(2)16-7-6-13(10-19-16)20-17(23)15-9-14(21-24-15)11-4-3-5-12(18)8-11/h3-10H,1-2H3,(H,20,23). The maximum atomic E-state index is 13.2. The Balaban J connectivity index is 1.74. The minimum Gasteiger partial charge on any atom is -0.363 e. The molecule has 2 aromatic heterocycles. The van der Waals surface area contributed by atoms with Crippen LogP contribution in [0.15, 0.2) is 53.2 Å². The van der Waals surface area contributed by atoms with E-state index in [0.29, 0.717) is 16.9 Å². The van der Waals surface area contributed by atoms with E-state index in [9.17, 15) is 9.18 Å². The number of nitrogens with zero attached hydrogens (tertiary/aromatic N) is 3. The molecule has 0 saturated heterocycles. The van der Waals surface area contributed by atoms with Gasteiger partial charge in [-0.05, 0) is 24.3 Å². The number of benzene rings is 1. The molecule has 122 valence electrons. The van der Waals surface area contributed by atoms with Gasteiger partial charge < -0.3 is 14.7 Å². The molecule has 24 heavy (non-hydrogen) atoms. The normalized spacial score (nSPS) is 10.5. The van der Waals surface area contributed by atoms with Gasteiger partial charge in [-0.3, -0.25) is 4.79 Å². The minimum absolute atomic E-state index is 0.0333. The number of rotatable bonds is 4. The monoisotopic (exact) mass is 326 g/mol. The van der Waals surface area contributed by atoms with Crippen LogP contribution in [-0.2, 0) is 0 Å². The molecule has 0 saturated carbocycles. The van der Waals surface area contributed by atoms with E-state index < -0.39 is 5.91 Å². The lowest BCUT2D eigenvalue weighted by molar-refractivity contribution is 0.0988. The fourth-order valence-electron chi connectivity index (χ4n) is 2.08. The van der Waals surface area contributed by atoms with Crippen molar-refractivity contribution in [2.45, 2.75) is 0 Å². The van der Waals surface area contributed by atoms with Crippen LogP contribution in [0.3, 0.4) is 0 Å². The highest BCUT2D eigenvalue weighted by Crippen LogP contribution is 2.20. The molecule has 7 heteroatoms. The number of carbonyl (C=O) groups is 1. The van der Waals surface area contributed by atoms with Gasteiger partial charge >= 0.3 is 0 Å². The molecular weight excluding hydrogens is 311 g/mol. The van der Waals surface area contributed by atoms with Crippen molar-refractivity contribution in [1.82, 2.24) is 10.1 Å². The second kappa shape index (κ2) is 6.49. The number of anilines is 2. The van der Waals surface area contributed by atoms with Gasteiger partial charge in [0.25, 0.3) is 5.91 Å². The number of hydrogen-bond acceptors (Lipinski definition) is 5. The highest BCUT2D eigenvalue weighted by molar-refractivity contribution is 6.02. The summed E-state index contributed by atoms with van der Waals surface area (Å²) in [6, 6.07) is 10.9. The highest BCUT2D eigenvalue weighted by Gasteiger charge is 2.15. The molecule has 0 spiro atoms. The van der Waals surface area contributed by atoms with Crippen molar-refractivity contribution in [2.24, 2.45) is 0 Å². The molecule has 3 aromatic rings. The molecule has 0 aliphatic carbocycles. The van der Waals surface area contributed by atoms with Crippen molar-refractivity contribution < 1.29 is 13.7 Å². The Bertz CT molecular complexity index is 859. The number of aromatic nitrogens is 2. The summed E-state index contributed by atoms with van der Waals surface area (Å²) >= 11 is 0. The van der Waals surface area contributed by atoms with Gasteiger partial charge in [0.15, 0.2) is 0 Å². The van der Waals surface area contributed by atoms with E-state index >= 15 is 0 Å². The predicted octanol–water partition coefficient (Wildman–Crippen LogP) is 3.19. The Kier molecular flexibility index (Phi) is 4.24. The number of pyridine rings is 1. The molecule has 0 fully saturated rings. The summed E-state index contributed by atoms with van der Waals surface area (Å²) in [5.41, 5.74) is 1.46. The van der Waals surface area contributed by atoms with E-state index in [1.165, 1.54) is 18.2 Å². The molecular formula is C17H15FN4O2. The molecule has 0 aliphatic heterocycles. The molecule has 1 N–H and O–H groups in total. The van der Waals surface area contributed by atoms with Crippen LogP contribution in [0.2, 0.25) is 0 Å². The summed E-state index contributed by atoms with van der Waals surface area (Å²) in [7, 11) is 3.76. The topological polar surface area (TPSA) is 71.3 Å². The van der Waals surface area contributed by atoms with E-state index in [0.717, 1.165) is 5.82 Å². The summed E-state index contributed by atoms with van der Waals surface area (Å²) in [6.07, 6.45) is 1.55. The average Bonchev–Trinajstić information content (AvgIpc) is 3.05. The molecule has 6 nitrogen and oxygen atoms in total. The fourth-order valence-corrected chi connectivity index (χ4v) is 2.08. The predicted molar refractivity (Wildman–Crippen MR) is 88.4 cm³/mol. The first-order valence-electron chi connectivity index (χ1n) is 7.20. The summed E-state index contributed by atoms with van der Waals surface area (Å²) in [5.74, 6) is -0.0230. The number of hydrogen-bond donors (Lipinski definition) is 1. The van der Waals surface area contributed by atoms with Crippen molar-refractivity contribution in [3.05, 3.63) is 60.2 Å². The average molecular weight is 326 g/mol. The van der Waals surface area contributed by atoms with Gasteiger partial charge in [-0.1, -0.05) is 17.3 Å². The Labute approximate surface area is 137 Å². The van der Waals surface area contributed by atoms with Gasteiger partial charge in [-0.2, -0.15) is 0 Å². The van der Waals surface area contributed by atoms with Crippen LogP contribution in [-0.4, -0.2) is 30.1 Å². The first-order valence-corrected chi connectivity index (χ1v) is 7.20. The van der Waals surface area contributed by atoms with Crippen molar-refractivity contribution in [2.75, 3.05) is 24.3 Å². The Morgan fingerprint density at radius 3 is 2.71 bits per heavy atom. The fraction of sp³-hybridized carbons (Fsp3) is 0.118. The molecule has 2 heterocycles. The van der Waals surface area contributed by atoms with Crippen LogP contribution in [0.5, 0.6) is 0 Å². The lowest BCUT2D eigenvalue weighted by Crippen LogP contribution is -2.13. The largest absolute Gasteiger partial charge is 0.363 e. The second-order valence-corrected chi connectivity index (χ2v) is 5.34. The molecule has 1 amide bonds. The number of nitrogens with one attached hydrogen (secondary N) is 1. The first-order chi connectivity index (χ1) is 11.5. The Hall–Kier alpha value is -3.22. The van der Waals surface area contributed by atoms with E-state index in [-0.39, 0.29) is 11.6 Å². The summed E-state index contributed by atoms with van der Waals surface area (Å²) < 4.78 is 18.3. The zero-order valence-electron chi connectivity index (χ0n) is 13.2. The minimum atomic E-state index is -0.454. The van der Waals surface area contributed by atoms with Gasteiger partial charge in [-0.15, -0.1) is 0 Å². The first kappa shape index (κ1) is 15.7. The maximum Gasteiger partial charge on any atom is 0.294 e. The van der Waals surface area contributed by atoms with Gasteiger partial charge in [0, 0.05) is 25.7 Å². The quantitative estimate of drug-likeness (QED) is 0.797. The molecule has 0 atom stereocenters. The number of carbonyl (C=O) groups excluding carboxylic acids is 1. The molecule has 0 aliphatic rings. The zero-order chi connectivity index (χ0) is 17.1. The van der Waals surface area contributed by atoms with Crippen molar-refractivity contribution in [3.8, 4) is 11.3 Å². The number of amides is 1. The lowest BCUT2D eigenvalue weighted by atomic mass is 10.1. The van der Waals surface area contributed by atoms with Crippen LogP contribution in [0.4, 0.5) is 15.9 Å². The van der Waals surface area contributed by atoms with Crippen molar-refractivity contribution in [3.63, 3.8) is 0 Å². The molecule has 1 aromatic carbocycles. The van der Waals surface area contributed by atoms with Gasteiger partial charge in [-0.25, -0.2) is 9.37 Å². The molecule has 0 radical (unpaired) electrons. The third-order valence-corrected chi connectivity index (χ3v) is 3.32. The molecule has 0 unspecified atom stereocenters. The maximum absolute atomic E-state index is 13.2. The second-order valence-electron chi connectivity index (χ2n) is 5.34. The SMILES string of the molecule is CN(C)c1ccc(NC(=O)c2cc(-c3cccc(F)c3)no2)cn1. The lowest BCUT2D eigenvalue weighted by Gasteiger charge is -2.11. The Morgan fingerprint density at radius 2 is 2.04 bits per heavy atom. The summed E-state index contributed by atoms with van der Waals surface area (Å²) in [6.45, 7) is 0. The van der Waals surface area contributed by atoms with Gasteiger partial charge in [0.05, 0.1) is 11.9 Å². The van der Waals surface area contributed by atoms with Crippen molar-refractivity contribution in [1.29, 1.82) is 0 Å². The van der Waals surface area contributed by atoms with Crippen molar-refractivity contribution >= 4 is 17.4 Å². The third-order valence-electron chi connectivity index (χ3n) is 3.32. The number of halogens is 1. The van der Waals surface area contributed by atoms with E-state index in [1.807, 2.05) is 19.0 Å². The van der Waals surface area contributed by atoms with Crippen LogP contribution < -0.4 is 10.2 Å². The summed E-state index contributed by atoms with van der Waals surface area (Å²) in [5, 5.41) is 6.48.